The summed E-state index contributed by atoms with van der Waals surface area (Å²) in [4.78, 5) is 0. The lowest BCUT2D eigenvalue weighted by molar-refractivity contribution is 0.0846. The Morgan fingerprint density at radius 2 is 1.80 bits per heavy atom. The minimum Gasteiger partial charge on any atom is -0.388 e. The molecule has 4 heteroatoms. The van der Waals surface area contributed by atoms with Crippen molar-refractivity contribution in [1.82, 2.24) is 0 Å². The molecule has 112 valence electrons. The van der Waals surface area contributed by atoms with Crippen LogP contribution in [0.5, 0.6) is 0 Å². The second-order valence-corrected chi connectivity index (χ2v) is 8.45. The largest absolute Gasteiger partial charge is 0.388 e. The predicted molar refractivity (Wildman–Crippen MR) is 81.5 cm³/mol. The summed E-state index contributed by atoms with van der Waals surface area (Å²) >= 11 is 0. The highest BCUT2D eigenvalue weighted by Gasteiger charge is 2.33. The van der Waals surface area contributed by atoms with E-state index in [-0.39, 0.29) is 11.2 Å². The van der Waals surface area contributed by atoms with Gasteiger partial charge >= 0.3 is 0 Å². The molecule has 0 bridgehead atoms. The Hall–Kier alpha value is -0.870. The van der Waals surface area contributed by atoms with Gasteiger partial charge < -0.3 is 5.11 Å². The van der Waals surface area contributed by atoms with Gasteiger partial charge in [0.2, 0.25) is 0 Å². The summed E-state index contributed by atoms with van der Waals surface area (Å²) in [6, 6.07) is 5.99. The first kappa shape index (κ1) is 15.5. The molecule has 20 heavy (non-hydrogen) atoms. The molecule has 3 atom stereocenters. The van der Waals surface area contributed by atoms with E-state index in [4.69, 9.17) is 0 Å². The van der Waals surface area contributed by atoms with Crippen molar-refractivity contribution < 1.29 is 13.5 Å². The van der Waals surface area contributed by atoms with Gasteiger partial charge in [-0.2, -0.15) is 0 Å². The van der Waals surface area contributed by atoms with Gasteiger partial charge in [0.15, 0.2) is 0 Å². The molecular weight excluding hydrogens is 272 g/mol. The molecule has 0 spiro atoms. The third kappa shape index (κ3) is 3.23. The van der Waals surface area contributed by atoms with Crippen LogP contribution in [-0.2, 0) is 9.84 Å². The van der Waals surface area contributed by atoms with E-state index in [1.165, 1.54) is 6.26 Å². The van der Waals surface area contributed by atoms with Crippen LogP contribution in [0, 0.1) is 19.8 Å². The van der Waals surface area contributed by atoms with Crippen molar-refractivity contribution in [2.24, 2.45) is 5.92 Å². The van der Waals surface area contributed by atoms with Crippen molar-refractivity contribution in [3.8, 4) is 0 Å². The minimum absolute atomic E-state index is 0.0447. The number of hydrogen-bond acceptors (Lipinski definition) is 3. The third-order valence-corrected chi connectivity index (χ3v) is 6.20. The van der Waals surface area contributed by atoms with Gasteiger partial charge in [0.05, 0.1) is 11.4 Å². The van der Waals surface area contributed by atoms with Crippen LogP contribution in [-0.4, -0.2) is 25.0 Å². The zero-order chi connectivity index (χ0) is 14.9. The third-order valence-electron chi connectivity index (χ3n) is 4.56. The molecule has 0 aliphatic heterocycles. The number of aryl methyl sites for hydroxylation is 2. The molecule has 2 rings (SSSR count). The molecule has 1 aliphatic rings. The van der Waals surface area contributed by atoms with Crippen molar-refractivity contribution in [2.45, 2.75) is 50.9 Å². The number of hydrogen-bond donors (Lipinski definition) is 1. The molecule has 1 aromatic rings. The molecule has 0 radical (unpaired) electrons. The minimum atomic E-state index is -3.01. The molecule has 0 aromatic heterocycles. The fraction of sp³-hybridized carbons (Fsp3) is 0.625. The van der Waals surface area contributed by atoms with Crippen molar-refractivity contribution in [3.05, 3.63) is 34.9 Å². The molecule has 0 amide bonds. The van der Waals surface area contributed by atoms with Gasteiger partial charge in [-0.25, -0.2) is 8.42 Å². The van der Waals surface area contributed by atoms with E-state index in [1.807, 2.05) is 32.0 Å². The van der Waals surface area contributed by atoms with E-state index in [9.17, 15) is 13.5 Å². The van der Waals surface area contributed by atoms with Gasteiger partial charge in [-0.1, -0.05) is 24.6 Å². The lowest BCUT2D eigenvalue weighted by Gasteiger charge is -2.32. The van der Waals surface area contributed by atoms with E-state index in [0.29, 0.717) is 6.42 Å². The van der Waals surface area contributed by atoms with E-state index in [0.717, 1.165) is 36.0 Å². The Bertz CT molecular complexity index is 557. The Balaban J connectivity index is 2.23. The molecule has 0 heterocycles. The fourth-order valence-corrected chi connectivity index (χ4v) is 4.58. The Morgan fingerprint density at radius 1 is 1.20 bits per heavy atom. The number of aliphatic hydroxyl groups is 1. The van der Waals surface area contributed by atoms with Crippen LogP contribution in [0.15, 0.2) is 18.2 Å². The summed E-state index contributed by atoms with van der Waals surface area (Å²) in [5.74, 6) is 0.0447. The van der Waals surface area contributed by atoms with Crippen LogP contribution in [0.2, 0.25) is 0 Å². The summed E-state index contributed by atoms with van der Waals surface area (Å²) in [7, 11) is -3.01. The van der Waals surface area contributed by atoms with Gasteiger partial charge in [0, 0.05) is 6.26 Å². The first-order chi connectivity index (χ1) is 9.30. The van der Waals surface area contributed by atoms with Gasteiger partial charge in [-0.05, 0) is 55.7 Å². The highest BCUT2D eigenvalue weighted by atomic mass is 32.2. The van der Waals surface area contributed by atoms with Crippen molar-refractivity contribution in [2.75, 3.05) is 6.26 Å². The van der Waals surface area contributed by atoms with Crippen molar-refractivity contribution in [1.29, 1.82) is 0 Å². The predicted octanol–water partition coefficient (Wildman–Crippen LogP) is 2.94. The molecule has 1 aromatic carbocycles. The van der Waals surface area contributed by atoms with E-state index in [2.05, 4.69) is 0 Å². The van der Waals surface area contributed by atoms with Crippen LogP contribution in [0.25, 0.3) is 0 Å². The van der Waals surface area contributed by atoms with Gasteiger partial charge in [0.1, 0.15) is 9.84 Å². The molecule has 1 aliphatic carbocycles. The monoisotopic (exact) mass is 296 g/mol. The molecule has 0 saturated heterocycles. The average molecular weight is 296 g/mol. The standard InChI is InChI=1S/C16H24O3S/c1-11-6-4-7-12(2)15(11)16(17)13-8-5-9-14(10-13)20(3,18)19/h4,6-7,13-14,16-17H,5,8-10H2,1-3H3. The second kappa shape index (κ2) is 5.86. The average Bonchev–Trinajstić information content (AvgIpc) is 2.37. The summed E-state index contributed by atoms with van der Waals surface area (Å²) < 4.78 is 23.5. The summed E-state index contributed by atoms with van der Waals surface area (Å²) in [5.41, 5.74) is 3.14. The number of sulfone groups is 1. The van der Waals surface area contributed by atoms with E-state index >= 15 is 0 Å². The number of benzene rings is 1. The fourth-order valence-electron chi connectivity index (χ4n) is 3.39. The van der Waals surface area contributed by atoms with Gasteiger partial charge in [0.25, 0.3) is 0 Å². The van der Waals surface area contributed by atoms with Gasteiger partial charge in [-0.3, -0.25) is 0 Å². The summed E-state index contributed by atoms with van der Waals surface area (Å²) in [6.07, 6.45) is 3.85. The Morgan fingerprint density at radius 3 is 2.35 bits per heavy atom. The summed E-state index contributed by atoms with van der Waals surface area (Å²) in [5, 5.41) is 10.4. The van der Waals surface area contributed by atoms with Crippen molar-refractivity contribution in [3.63, 3.8) is 0 Å². The normalized spacial score (nSPS) is 25.4. The highest BCUT2D eigenvalue weighted by molar-refractivity contribution is 7.91. The van der Waals surface area contributed by atoms with Crippen LogP contribution in [0.3, 0.4) is 0 Å². The smallest absolute Gasteiger partial charge is 0.150 e. The van der Waals surface area contributed by atoms with E-state index in [1.54, 1.807) is 0 Å². The zero-order valence-corrected chi connectivity index (χ0v) is 13.3. The molecule has 3 nitrogen and oxygen atoms in total. The van der Waals surface area contributed by atoms with Crippen LogP contribution in [0.1, 0.15) is 48.5 Å². The van der Waals surface area contributed by atoms with Crippen LogP contribution in [0.4, 0.5) is 0 Å². The maximum Gasteiger partial charge on any atom is 0.150 e. The quantitative estimate of drug-likeness (QED) is 0.933. The Kier molecular flexibility index (Phi) is 4.55. The topological polar surface area (TPSA) is 54.4 Å². The highest BCUT2D eigenvalue weighted by Crippen LogP contribution is 2.38. The van der Waals surface area contributed by atoms with Gasteiger partial charge in [-0.15, -0.1) is 0 Å². The Labute approximate surface area is 121 Å². The molecule has 1 saturated carbocycles. The zero-order valence-electron chi connectivity index (χ0n) is 12.5. The first-order valence-electron chi connectivity index (χ1n) is 7.23. The molecular formula is C16H24O3S. The maximum absolute atomic E-state index is 11.7. The number of aliphatic hydroxyl groups excluding tert-OH is 1. The maximum atomic E-state index is 11.7. The summed E-state index contributed by atoms with van der Waals surface area (Å²) in [6.45, 7) is 4.00. The second-order valence-electron chi connectivity index (χ2n) is 6.13. The van der Waals surface area contributed by atoms with E-state index < -0.39 is 15.9 Å². The first-order valence-corrected chi connectivity index (χ1v) is 9.19. The molecule has 3 unspecified atom stereocenters. The lowest BCUT2D eigenvalue weighted by Crippen LogP contribution is -2.30. The molecule has 1 N–H and O–H groups in total. The lowest BCUT2D eigenvalue weighted by atomic mass is 9.80. The van der Waals surface area contributed by atoms with Crippen LogP contribution < -0.4 is 0 Å². The van der Waals surface area contributed by atoms with Crippen molar-refractivity contribution >= 4 is 9.84 Å². The van der Waals surface area contributed by atoms with Crippen LogP contribution >= 0.6 is 0 Å². The SMILES string of the molecule is Cc1cccc(C)c1C(O)C1CCCC(S(C)(=O)=O)C1. The number of rotatable bonds is 3. The molecule has 1 fully saturated rings.